The molecule has 1 aliphatic rings. The lowest BCUT2D eigenvalue weighted by Crippen LogP contribution is -2.46. The fraction of sp³-hybridized carbons (Fsp3) is 0.706. The number of nitriles is 1. The van der Waals surface area contributed by atoms with E-state index in [1.54, 1.807) is 0 Å². The summed E-state index contributed by atoms with van der Waals surface area (Å²) in [6.45, 7) is 7.80. The molecule has 0 aromatic carbocycles. The standard InChI is InChI=1S/C17H26N2S/c1-4-14-7-8-15(11-18)17(10-14)19(13(2)3)12-16-6-5-9-20-16/h5-6,9,13-15,17H,4,7-8,10,12H2,1-3H3. The summed E-state index contributed by atoms with van der Waals surface area (Å²) in [6, 6.07) is 7.83. The topological polar surface area (TPSA) is 27.0 Å². The second-order valence-electron chi connectivity index (χ2n) is 6.24. The van der Waals surface area contributed by atoms with E-state index in [0.717, 1.165) is 18.9 Å². The van der Waals surface area contributed by atoms with Gasteiger partial charge in [-0.15, -0.1) is 11.3 Å². The molecule has 0 aliphatic heterocycles. The molecule has 3 atom stereocenters. The summed E-state index contributed by atoms with van der Waals surface area (Å²) in [5.74, 6) is 1.01. The van der Waals surface area contributed by atoms with E-state index in [-0.39, 0.29) is 5.92 Å². The van der Waals surface area contributed by atoms with Gasteiger partial charge >= 0.3 is 0 Å². The fourth-order valence-corrected chi connectivity index (χ4v) is 4.10. The minimum Gasteiger partial charge on any atom is -0.292 e. The van der Waals surface area contributed by atoms with Crippen LogP contribution in [0.4, 0.5) is 0 Å². The molecule has 0 spiro atoms. The van der Waals surface area contributed by atoms with Crippen LogP contribution in [0.1, 0.15) is 51.3 Å². The highest BCUT2D eigenvalue weighted by molar-refractivity contribution is 7.09. The Balaban J connectivity index is 2.14. The van der Waals surface area contributed by atoms with Crippen LogP contribution in [0.25, 0.3) is 0 Å². The normalized spacial score (nSPS) is 26.9. The number of thiophene rings is 1. The Kier molecular flexibility index (Phi) is 5.63. The summed E-state index contributed by atoms with van der Waals surface area (Å²) in [6.07, 6.45) is 4.75. The zero-order valence-electron chi connectivity index (χ0n) is 12.9. The lowest BCUT2D eigenvalue weighted by Gasteiger charge is -2.42. The van der Waals surface area contributed by atoms with Crippen LogP contribution in [0.2, 0.25) is 0 Å². The highest BCUT2D eigenvalue weighted by Gasteiger charge is 2.35. The van der Waals surface area contributed by atoms with Crippen LogP contribution in [-0.2, 0) is 6.54 Å². The third kappa shape index (κ3) is 3.62. The first-order chi connectivity index (χ1) is 9.65. The molecule has 0 N–H and O–H groups in total. The first-order valence-corrected chi connectivity index (χ1v) is 8.71. The van der Waals surface area contributed by atoms with Crippen molar-refractivity contribution in [2.45, 2.75) is 65.1 Å². The average molecular weight is 290 g/mol. The maximum Gasteiger partial charge on any atom is 0.0672 e. The van der Waals surface area contributed by atoms with Crippen LogP contribution in [0.15, 0.2) is 17.5 Å². The third-order valence-corrected chi connectivity index (χ3v) is 5.54. The summed E-state index contributed by atoms with van der Waals surface area (Å²) < 4.78 is 0. The van der Waals surface area contributed by atoms with Gasteiger partial charge in [-0.1, -0.05) is 19.4 Å². The summed E-state index contributed by atoms with van der Waals surface area (Å²) in [4.78, 5) is 3.97. The molecule has 1 fully saturated rings. The molecule has 0 saturated heterocycles. The largest absolute Gasteiger partial charge is 0.292 e. The molecular weight excluding hydrogens is 264 g/mol. The van der Waals surface area contributed by atoms with Crippen LogP contribution in [0, 0.1) is 23.2 Å². The van der Waals surface area contributed by atoms with E-state index in [9.17, 15) is 5.26 Å². The predicted octanol–water partition coefficient (Wildman–Crippen LogP) is 4.68. The van der Waals surface area contributed by atoms with Gasteiger partial charge in [0.2, 0.25) is 0 Å². The fourth-order valence-electron chi connectivity index (χ4n) is 3.38. The molecule has 20 heavy (non-hydrogen) atoms. The maximum absolute atomic E-state index is 9.50. The van der Waals surface area contributed by atoms with Crippen molar-refractivity contribution in [3.63, 3.8) is 0 Å². The van der Waals surface area contributed by atoms with Gasteiger partial charge in [0.05, 0.1) is 12.0 Å². The van der Waals surface area contributed by atoms with E-state index < -0.39 is 0 Å². The molecular formula is C17H26N2S. The van der Waals surface area contributed by atoms with Gasteiger partial charge in [0, 0.05) is 23.5 Å². The second kappa shape index (κ2) is 7.24. The molecule has 110 valence electrons. The van der Waals surface area contributed by atoms with Crippen LogP contribution in [0.3, 0.4) is 0 Å². The monoisotopic (exact) mass is 290 g/mol. The number of nitrogens with zero attached hydrogens (tertiary/aromatic N) is 2. The lowest BCUT2D eigenvalue weighted by molar-refractivity contribution is 0.0671. The van der Waals surface area contributed by atoms with Crippen molar-refractivity contribution in [1.29, 1.82) is 5.26 Å². The van der Waals surface area contributed by atoms with Crippen molar-refractivity contribution >= 4 is 11.3 Å². The number of hydrogen-bond acceptors (Lipinski definition) is 3. The van der Waals surface area contributed by atoms with Gasteiger partial charge in [-0.2, -0.15) is 5.26 Å². The van der Waals surface area contributed by atoms with Crippen molar-refractivity contribution in [3.05, 3.63) is 22.4 Å². The molecule has 3 unspecified atom stereocenters. The van der Waals surface area contributed by atoms with Gasteiger partial charge in [-0.25, -0.2) is 0 Å². The number of rotatable bonds is 5. The minimum atomic E-state index is 0.208. The molecule has 1 heterocycles. The Morgan fingerprint density at radius 3 is 2.80 bits per heavy atom. The molecule has 1 aliphatic carbocycles. The SMILES string of the molecule is CCC1CCC(C#N)C(N(Cc2cccs2)C(C)C)C1. The Morgan fingerprint density at radius 2 is 2.25 bits per heavy atom. The van der Waals surface area contributed by atoms with E-state index in [4.69, 9.17) is 0 Å². The zero-order valence-corrected chi connectivity index (χ0v) is 13.7. The van der Waals surface area contributed by atoms with Gasteiger partial charge < -0.3 is 0 Å². The van der Waals surface area contributed by atoms with Crippen molar-refractivity contribution < 1.29 is 0 Å². The van der Waals surface area contributed by atoms with E-state index in [0.29, 0.717) is 12.1 Å². The molecule has 0 radical (unpaired) electrons. The van der Waals surface area contributed by atoms with Crippen molar-refractivity contribution in [3.8, 4) is 6.07 Å². The summed E-state index contributed by atoms with van der Waals surface area (Å²) >= 11 is 1.82. The summed E-state index contributed by atoms with van der Waals surface area (Å²) in [7, 11) is 0. The van der Waals surface area contributed by atoms with Gasteiger partial charge in [0.1, 0.15) is 0 Å². The van der Waals surface area contributed by atoms with Crippen molar-refractivity contribution in [2.24, 2.45) is 11.8 Å². The Labute approximate surface area is 127 Å². The quantitative estimate of drug-likeness (QED) is 0.787. The summed E-state index contributed by atoms with van der Waals surface area (Å²) in [5.41, 5.74) is 0. The van der Waals surface area contributed by atoms with E-state index >= 15 is 0 Å². The molecule has 0 bridgehead atoms. The van der Waals surface area contributed by atoms with Crippen molar-refractivity contribution in [2.75, 3.05) is 0 Å². The van der Waals surface area contributed by atoms with Crippen LogP contribution < -0.4 is 0 Å². The molecule has 0 amide bonds. The van der Waals surface area contributed by atoms with E-state index in [1.165, 1.54) is 24.1 Å². The van der Waals surface area contributed by atoms with Crippen molar-refractivity contribution in [1.82, 2.24) is 4.90 Å². The number of hydrogen-bond donors (Lipinski definition) is 0. The Morgan fingerprint density at radius 1 is 1.45 bits per heavy atom. The Bertz CT molecular complexity index is 432. The molecule has 1 aromatic rings. The molecule has 1 aromatic heterocycles. The maximum atomic E-state index is 9.50. The first kappa shape index (κ1) is 15.5. The molecule has 1 saturated carbocycles. The zero-order chi connectivity index (χ0) is 14.5. The van der Waals surface area contributed by atoms with Gasteiger partial charge in [0.15, 0.2) is 0 Å². The van der Waals surface area contributed by atoms with Crippen LogP contribution >= 0.6 is 11.3 Å². The first-order valence-electron chi connectivity index (χ1n) is 7.83. The molecule has 2 rings (SSSR count). The van der Waals surface area contributed by atoms with Crippen LogP contribution in [0.5, 0.6) is 0 Å². The molecule has 2 nitrogen and oxygen atoms in total. The summed E-state index contributed by atoms with van der Waals surface area (Å²) in [5, 5.41) is 11.6. The van der Waals surface area contributed by atoms with Gasteiger partial charge in [-0.05, 0) is 50.5 Å². The average Bonchev–Trinajstić information content (AvgIpc) is 2.96. The molecule has 3 heteroatoms. The van der Waals surface area contributed by atoms with E-state index in [2.05, 4.69) is 49.3 Å². The van der Waals surface area contributed by atoms with E-state index in [1.807, 2.05) is 11.3 Å². The minimum absolute atomic E-state index is 0.208. The van der Waals surface area contributed by atoms with Crippen LogP contribution in [-0.4, -0.2) is 17.0 Å². The second-order valence-corrected chi connectivity index (χ2v) is 7.27. The Hall–Kier alpha value is -0.850. The lowest BCUT2D eigenvalue weighted by atomic mass is 9.77. The predicted molar refractivity (Wildman–Crippen MR) is 85.5 cm³/mol. The highest BCUT2D eigenvalue weighted by atomic mass is 32.1. The third-order valence-electron chi connectivity index (χ3n) is 4.68. The van der Waals surface area contributed by atoms with Gasteiger partial charge in [0.25, 0.3) is 0 Å². The van der Waals surface area contributed by atoms with Gasteiger partial charge in [-0.3, -0.25) is 4.90 Å². The smallest absolute Gasteiger partial charge is 0.0672 e. The highest BCUT2D eigenvalue weighted by Crippen LogP contribution is 2.35.